The maximum atomic E-state index is 13.2. The lowest BCUT2D eigenvalue weighted by molar-refractivity contribution is -0.123. The van der Waals surface area contributed by atoms with Crippen LogP contribution in [-0.2, 0) is 9.59 Å². The lowest BCUT2D eigenvalue weighted by Crippen LogP contribution is -2.34. The standard InChI is InChI=1S/C26H19NO4/c28-24-22-17-9-10-18(13-17)23(22)25(29)27(24)21-8-4-3-7-20(21)26(30)31-19-12-11-15-5-1-2-6-16(15)14-19/h1-12,14,17-18,22-23H,13H2/t17-,18-,22-,23-/m0/s1. The van der Waals surface area contributed by atoms with Crippen molar-refractivity contribution in [2.45, 2.75) is 6.42 Å². The molecule has 5 heteroatoms. The van der Waals surface area contributed by atoms with Crippen molar-refractivity contribution in [1.82, 2.24) is 0 Å². The number of carbonyl (C=O) groups is 3. The first-order valence-electron chi connectivity index (χ1n) is 10.5. The number of anilines is 1. The zero-order valence-electron chi connectivity index (χ0n) is 16.6. The minimum atomic E-state index is -0.593. The van der Waals surface area contributed by atoms with Crippen molar-refractivity contribution in [3.8, 4) is 5.75 Å². The van der Waals surface area contributed by atoms with E-state index in [1.807, 2.05) is 30.3 Å². The van der Waals surface area contributed by atoms with E-state index >= 15 is 0 Å². The molecule has 1 aliphatic heterocycles. The Morgan fingerprint density at radius 3 is 2.19 bits per heavy atom. The molecule has 3 aliphatic rings. The minimum absolute atomic E-state index is 0.119. The number of fused-ring (bicyclic) bond motifs is 6. The van der Waals surface area contributed by atoms with Crippen LogP contribution in [0.1, 0.15) is 16.8 Å². The highest BCUT2D eigenvalue weighted by Crippen LogP contribution is 2.53. The quantitative estimate of drug-likeness (QED) is 0.279. The predicted molar refractivity (Wildman–Crippen MR) is 116 cm³/mol. The number of imide groups is 1. The van der Waals surface area contributed by atoms with Gasteiger partial charge in [0.2, 0.25) is 11.8 Å². The molecule has 2 aliphatic carbocycles. The molecule has 1 saturated heterocycles. The molecule has 0 radical (unpaired) electrons. The van der Waals surface area contributed by atoms with Crippen LogP contribution in [0, 0.1) is 23.7 Å². The van der Waals surface area contributed by atoms with E-state index in [1.165, 1.54) is 4.90 Å². The number of benzene rings is 3. The topological polar surface area (TPSA) is 63.7 Å². The van der Waals surface area contributed by atoms with Gasteiger partial charge in [0.1, 0.15) is 5.75 Å². The first kappa shape index (κ1) is 18.1. The summed E-state index contributed by atoms with van der Waals surface area (Å²) >= 11 is 0. The van der Waals surface area contributed by atoms with Crippen LogP contribution in [0.15, 0.2) is 78.9 Å². The van der Waals surface area contributed by atoms with E-state index in [2.05, 4.69) is 12.2 Å². The highest BCUT2D eigenvalue weighted by molar-refractivity contribution is 6.24. The molecule has 0 aromatic heterocycles. The first-order chi connectivity index (χ1) is 15.1. The Balaban J connectivity index is 1.33. The Hall–Kier alpha value is -3.73. The van der Waals surface area contributed by atoms with E-state index in [0.717, 1.165) is 17.2 Å². The van der Waals surface area contributed by atoms with Crippen molar-refractivity contribution >= 4 is 34.2 Å². The summed E-state index contributed by atoms with van der Waals surface area (Å²) in [6.45, 7) is 0. The molecular formula is C26H19NO4. The molecular weight excluding hydrogens is 390 g/mol. The predicted octanol–water partition coefficient (Wildman–Crippen LogP) is 4.37. The van der Waals surface area contributed by atoms with Gasteiger partial charge in [-0.15, -0.1) is 0 Å². The van der Waals surface area contributed by atoms with Gasteiger partial charge in [0.15, 0.2) is 0 Å². The molecule has 3 aromatic rings. The van der Waals surface area contributed by atoms with Gasteiger partial charge in [0, 0.05) is 0 Å². The zero-order valence-corrected chi connectivity index (χ0v) is 16.6. The third kappa shape index (κ3) is 2.66. The van der Waals surface area contributed by atoms with E-state index in [4.69, 9.17) is 4.74 Å². The van der Waals surface area contributed by atoms with Crippen molar-refractivity contribution in [2.24, 2.45) is 23.7 Å². The summed E-state index contributed by atoms with van der Waals surface area (Å²) in [5, 5.41) is 2.01. The summed E-state index contributed by atoms with van der Waals surface area (Å²) in [6, 6.07) is 19.9. The van der Waals surface area contributed by atoms with Crippen LogP contribution in [0.3, 0.4) is 0 Å². The molecule has 152 valence electrons. The van der Waals surface area contributed by atoms with Crippen LogP contribution in [0.4, 0.5) is 5.69 Å². The number of carbonyl (C=O) groups excluding carboxylic acids is 3. The van der Waals surface area contributed by atoms with Gasteiger partial charge < -0.3 is 4.74 Å². The van der Waals surface area contributed by atoms with Crippen molar-refractivity contribution in [3.05, 3.63) is 84.4 Å². The number of hydrogen-bond acceptors (Lipinski definition) is 4. The fraction of sp³-hybridized carbons (Fsp3) is 0.192. The Bertz CT molecular complexity index is 1260. The van der Waals surface area contributed by atoms with Gasteiger partial charge in [0.25, 0.3) is 0 Å². The monoisotopic (exact) mass is 409 g/mol. The normalized spacial score (nSPS) is 26.0. The molecule has 1 heterocycles. The molecule has 6 rings (SSSR count). The maximum absolute atomic E-state index is 13.2. The number of nitrogens with zero attached hydrogens (tertiary/aromatic N) is 1. The van der Waals surface area contributed by atoms with Gasteiger partial charge in [0.05, 0.1) is 23.1 Å². The van der Waals surface area contributed by atoms with Gasteiger partial charge >= 0.3 is 5.97 Å². The van der Waals surface area contributed by atoms with Crippen molar-refractivity contribution in [1.29, 1.82) is 0 Å². The van der Waals surface area contributed by atoms with Gasteiger partial charge in [-0.2, -0.15) is 0 Å². The molecule has 0 N–H and O–H groups in total. The summed E-state index contributed by atoms with van der Waals surface area (Å²) < 4.78 is 5.63. The second kappa shape index (κ2) is 6.64. The summed E-state index contributed by atoms with van der Waals surface area (Å²) in [4.78, 5) is 40.6. The smallest absolute Gasteiger partial charge is 0.345 e. The molecule has 0 unspecified atom stereocenters. The van der Waals surface area contributed by atoms with Gasteiger partial charge in [-0.3, -0.25) is 9.59 Å². The van der Waals surface area contributed by atoms with Crippen LogP contribution in [0.2, 0.25) is 0 Å². The fourth-order valence-corrected chi connectivity index (χ4v) is 5.37. The highest BCUT2D eigenvalue weighted by Gasteiger charge is 2.59. The Labute approximate surface area is 178 Å². The maximum Gasteiger partial charge on any atom is 0.345 e. The van der Waals surface area contributed by atoms with E-state index in [9.17, 15) is 14.4 Å². The van der Waals surface area contributed by atoms with E-state index in [-0.39, 0.29) is 41.0 Å². The molecule has 31 heavy (non-hydrogen) atoms. The fourth-order valence-electron chi connectivity index (χ4n) is 5.37. The number of allylic oxidation sites excluding steroid dienone is 2. The third-order valence-electron chi connectivity index (χ3n) is 6.77. The lowest BCUT2D eigenvalue weighted by Gasteiger charge is -2.20. The molecule has 3 aromatic carbocycles. The van der Waals surface area contributed by atoms with Gasteiger partial charge in [-0.05, 0) is 53.3 Å². The van der Waals surface area contributed by atoms with Crippen molar-refractivity contribution in [3.63, 3.8) is 0 Å². The largest absolute Gasteiger partial charge is 0.423 e. The average molecular weight is 409 g/mol. The molecule has 2 fully saturated rings. The second-order valence-electron chi connectivity index (χ2n) is 8.43. The summed E-state index contributed by atoms with van der Waals surface area (Å²) in [5.74, 6) is -0.989. The Morgan fingerprint density at radius 2 is 1.45 bits per heavy atom. The van der Waals surface area contributed by atoms with Crippen LogP contribution in [0.5, 0.6) is 5.75 Å². The second-order valence-corrected chi connectivity index (χ2v) is 8.43. The molecule has 2 amide bonds. The van der Waals surface area contributed by atoms with Crippen LogP contribution >= 0.6 is 0 Å². The zero-order chi connectivity index (χ0) is 21.1. The van der Waals surface area contributed by atoms with Crippen molar-refractivity contribution in [2.75, 3.05) is 4.90 Å². The van der Waals surface area contributed by atoms with E-state index in [0.29, 0.717) is 11.4 Å². The molecule has 0 spiro atoms. The average Bonchev–Trinajstić information content (AvgIpc) is 3.47. The van der Waals surface area contributed by atoms with Crippen LogP contribution in [0.25, 0.3) is 10.8 Å². The number of rotatable bonds is 3. The van der Waals surface area contributed by atoms with Gasteiger partial charge in [-0.25, -0.2) is 9.69 Å². The van der Waals surface area contributed by atoms with E-state index < -0.39 is 5.97 Å². The molecule has 1 saturated carbocycles. The number of ether oxygens (including phenoxy) is 1. The lowest BCUT2D eigenvalue weighted by atomic mass is 9.85. The highest BCUT2D eigenvalue weighted by atomic mass is 16.5. The SMILES string of the molecule is O=C(Oc1ccc2ccccc2c1)c1ccccc1N1C(=O)[C@@H]2[C@@H](C1=O)[C@H]1C=C[C@H]2C1. The molecule has 5 nitrogen and oxygen atoms in total. The van der Waals surface area contributed by atoms with E-state index in [1.54, 1.807) is 36.4 Å². The molecule has 2 bridgehead atoms. The molecule has 4 atom stereocenters. The number of hydrogen-bond donors (Lipinski definition) is 0. The third-order valence-corrected chi connectivity index (χ3v) is 6.77. The summed E-state index contributed by atoms with van der Waals surface area (Å²) in [7, 11) is 0. The Morgan fingerprint density at radius 1 is 0.806 bits per heavy atom. The number of esters is 1. The first-order valence-corrected chi connectivity index (χ1v) is 10.5. The number of amides is 2. The van der Waals surface area contributed by atoms with Crippen LogP contribution in [-0.4, -0.2) is 17.8 Å². The van der Waals surface area contributed by atoms with Crippen LogP contribution < -0.4 is 9.64 Å². The minimum Gasteiger partial charge on any atom is -0.423 e. The van der Waals surface area contributed by atoms with Crippen molar-refractivity contribution < 1.29 is 19.1 Å². The summed E-state index contributed by atoms with van der Waals surface area (Å²) in [5.41, 5.74) is 0.509. The number of para-hydroxylation sites is 1. The van der Waals surface area contributed by atoms with Gasteiger partial charge in [-0.1, -0.05) is 54.6 Å². The summed E-state index contributed by atoms with van der Waals surface area (Å²) in [6.07, 6.45) is 4.98. The Kier molecular flexibility index (Phi) is 3.87.